The molecule has 0 aliphatic rings. The average molecular weight is 384 g/mol. The topological polar surface area (TPSA) is 29.1 Å². The summed E-state index contributed by atoms with van der Waals surface area (Å²) in [5.74, 6) is 0.118. The van der Waals surface area contributed by atoms with Crippen LogP contribution < -0.4 is 5.32 Å². The van der Waals surface area contributed by atoms with Crippen molar-refractivity contribution in [1.29, 1.82) is 0 Å². The molecule has 0 spiro atoms. The molecule has 0 fully saturated rings. The second-order valence-electron chi connectivity index (χ2n) is 7.75. The Balaban J connectivity index is 3.62. The standard InChI is InChI=1S/C26H41NO/c1-5-6-7-8-9-10-11-12-13-14-15-16-17-18-19-20-21-22-23-24-25(28)27-26(2,3)4/h6-7,9-10,12-13,15-16,18-19,21-22H,5,8,11,14,17,20,23-24H2,1-4H3,(H,27,28)/b7-6-,10-9-,13-12-,16-15-,19-18-,22-21-. The van der Waals surface area contributed by atoms with E-state index in [1.807, 2.05) is 20.8 Å². The van der Waals surface area contributed by atoms with Gasteiger partial charge in [0.2, 0.25) is 5.91 Å². The van der Waals surface area contributed by atoms with E-state index >= 15 is 0 Å². The van der Waals surface area contributed by atoms with Crippen molar-refractivity contribution in [3.8, 4) is 0 Å². The smallest absolute Gasteiger partial charge is 0.220 e. The van der Waals surface area contributed by atoms with Crippen molar-refractivity contribution in [2.75, 3.05) is 0 Å². The SMILES string of the molecule is CC/C=C\C/C=C\C/C=C\C/C=C\C/C=C\C/C=C\CCC(=O)NC(C)(C)C. The van der Waals surface area contributed by atoms with Crippen molar-refractivity contribution in [3.05, 3.63) is 72.9 Å². The van der Waals surface area contributed by atoms with E-state index in [0.29, 0.717) is 6.42 Å². The van der Waals surface area contributed by atoms with E-state index in [-0.39, 0.29) is 11.4 Å². The minimum Gasteiger partial charge on any atom is -0.352 e. The first-order chi connectivity index (χ1) is 13.5. The highest BCUT2D eigenvalue weighted by molar-refractivity contribution is 5.76. The number of hydrogen-bond donors (Lipinski definition) is 1. The second-order valence-corrected chi connectivity index (χ2v) is 7.75. The lowest BCUT2D eigenvalue weighted by atomic mass is 10.1. The molecule has 28 heavy (non-hydrogen) atoms. The number of amides is 1. The van der Waals surface area contributed by atoms with Gasteiger partial charge in [0.05, 0.1) is 0 Å². The Kier molecular flexibility index (Phi) is 16.9. The van der Waals surface area contributed by atoms with Crippen LogP contribution in [0.4, 0.5) is 0 Å². The molecule has 0 aromatic rings. The Labute approximate surface area is 173 Å². The monoisotopic (exact) mass is 383 g/mol. The lowest BCUT2D eigenvalue weighted by Crippen LogP contribution is -2.40. The van der Waals surface area contributed by atoms with Gasteiger partial charge in [-0.05, 0) is 65.7 Å². The van der Waals surface area contributed by atoms with E-state index in [0.717, 1.165) is 44.9 Å². The number of hydrogen-bond acceptors (Lipinski definition) is 1. The molecule has 0 aromatic carbocycles. The lowest BCUT2D eigenvalue weighted by Gasteiger charge is -2.20. The molecule has 0 heterocycles. The molecule has 1 amide bonds. The Hall–Kier alpha value is -2.09. The zero-order valence-corrected chi connectivity index (χ0v) is 18.5. The summed E-state index contributed by atoms with van der Waals surface area (Å²) in [7, 11) is 0. The molecular formula is C26H41NO. The first-order valence-corrected chi connectivity index (χ1v) is 10.7. The average Bonchev–Trinajstić information content (AvgIpc) is 2.62. The van der Waals surface area contributed by atoms with Gasteiger partial charge in [-0.3, -0.25) is 4.79 Å². The Morgan fingerprint density at radius 2 is 1.00 bits per heavy atom. The summed E-state index contributed by atoms with van der Waals surface area (Å²) in [6, 6.07) is 0. The Morgan fingerprint density at radius 1 is 0.643 bits per heavy atom. The molecule has 2 nitrogen and oxygen atoms in total. The lowest BCUT2D eigenvalue weighted by molar-refractivity contribution is -0.122. The molecule has 0 unspecified atom stereocenters. The van der Waals surface area contributed by atoms with Crippen LogP contribution in [0.1, 0.15) is 79.1 Å². The van der Waals surface area contributed by atoms with Gasteiger partial charge in [0.1, 0.15) is 0 Å². The summed E-state index contributed by atoms with van der Waals surface area (Å²) < 4.78 is 0. The molecular weight excluding hydrogens is 342 g/mol. The summed E-state index contributed by atoms with van der Waals surface area (Å²) in [6.07, 6.45) is 33.6. The molecule has 156 valence electrons. The van der Waals surface area contributed by atoms with Crippen LogP contribution in [0, 0.1) is 0 Å². The maximum absolute atomic E-state index is 11.7. The summed E-state index contributed by atoms with van der Waals surface area (Å²) >= 11 is 0. The van der Waals surface area contributed by atoms with E-state index in [4.69, 9.17) is 0 Å². The molecule has 2 heteroatoms. The fourth-order valence-corrected chi connectivity index (χ4v) is 2.33. The van der Waals surface area contributed by atoms with Crippen molar-refractivity contribution in [2.24, 2.45) is 0 Å². The molecule has 0 bridgehead atoms. The van der Waals surface area contributed by atoms with Gasteiger partial charge in [-0.15, -0.1) is 0 Å². The van der Waals surface area contributed by atoms with E-state index in [9.17, 15) is 4.79 Å². The van der Waals surface area contributed by atoms with Crippen LogP contribution in [0.25, 0.3) is 0 Å². The maximum atomic E-state index is 11.7. The highest BCUT2D eigenvalue weighted by atomic mass is 16.1. The first kappa shape index (κ1) is 25.9. The fourth-order valence-electron chi connectivity index (χ4n) is 2.33. The molecule has 0 atom stereocenters. The minimum absolute atomic E-state index is 0.118. The largest absolute Gasteiger partial charge is 0.352 e. The minimum atomic E-state index is -0.143. The van der Waals surface area contributed by atoms with Crippen LogP contribution >= 0.6 is 0 Å². The summed E-state index contributed by atoms with van der Waals surface area (Å²) in [5.41, 5.74) is -0.143. The zero-order chi connectivity index (χ0) is 20.9. The van der Waals surface area contributed by atoms with E-state index in [1.54, 1.807) is 0 Å². The van der Waals surface area contributed by atoms with Gasteiger partial charge in [0.25, 0.3) is 0 Å². The second kappa shape index (κ2) is 18.3. The maximum Gasteiger partial charge on any atom is 0.220 e. The van der Waals surface area contributed by atoms with E-state index in [2.05, 4.69) is 85.2 Å². The number of carbonyl (C=O) groups is 1. The van der Waals surface area contributed by atoms with Crippen LogP contribution in [0.5, 0.6) is 0 Å². The zero-order valence-electron chi connectivity index (χ0n) is 18.5. The van der Waals surface area contributed by atoms with E-state index < -0.39 is 0 Å². The predicted molar refractivity (Wildman–Crippen MR) is 125 cm³/mol. The van der Waals surface area contributed by atoms with Crippen LogP contribution in [0.3, 0.4) is 0 Å². The van der Waals surface area contributed by atoms with Gasteiger partial charge >= 0.3 is 0 Å². The van der Waals surface area contributed by atoms with Gasteiger partial charge < -0.3 is 5.32 Å². The van der Waals surface area contributed by atoms with Crippen molar-refractivity contribution >= 4 is 5.91 Å². The van der Waals surface area contributed by atoms with Gasteiger partial charge in [-0.1, -0.05) is 79.8 Å². The number of nitrogens with one attached hydrogen (secondary N) is 1. The number of rotatable bonds is 14. The number of allylic oxidation sites excluding steroid dienone is 12. The van der Waals surface area contributed by atoms with Gasteiger partial charge in [0.15, 0.2) is 0 Å². The summed E-state index contributed by atoms with van der Waals surface area (Å²) in [4.78, 5) is 11.7. The van der Waals surface area contributed by atoms with Crippen molar-refractivity contribution in [2.45, 2.75) is 84.6 Å². The van der Waals surface area contributed by atoms with Crippen molar-refractivity contribution in [1.82, 2.24) is 5.32 Å². The predicted octanol–water partition coefficient (Wildman–Crippen LogP) is 7.38. The van der Waals surface area contributed by atoms with Crippen LogP contribution in [0.2, 0.25) is 0 Å². The third-order valence-electron chi connectivity index (χ3n) is 3.65. The molecule has 0 saturated heterocycles. The quantitative estimate of drug-likeness (QED) is 0.311. The van der Waals surface area contributed by atoms with Gasteiger partial charge in [-0.2, -0.15) is 0 Å². The molecule has 0 saturated carbocycles. The van der Waals surface area contributed by atoms with Gasteiger partial charge in [0, 0.05) is 12.0 Å². The molecule has 0 rings (SSSR count). The normalized spacial score (nSPS) is 13.4. The van der Waals surface area contributed by atoms with Crippen LogP contribution in [-0.4, -0.2) is 11.4 Å². The van der Waals surface area contributed by atoms with Crippen LogP contribution in [0.15, 0.2) is 72.9 Å². The van der Waals surface area contributed by atoms with Crippen molar-refractivity contribution in [3.63, 3.8) is 0 Å². The Morgan fingerprint density at radius 3 is 1.36 bits per heavy atom. The highest BCUT2D eigenvalue weighted by Crippen LogP contribution is 2.01. The van der Waals surface area contributed by atoms with Gasteiger partial charge in [-0.25, -0.2) is 0 Å². The molecule has 0 aromatic heterocycles. The Bertz CT molecular complexity index is 553. The van der Waals surface area contributed by atoms with E-state index in [1.165, 1.54) is 0 Å². The molecule has 0 aliphatic carbocycles. The highest BCUT2D eigenvalue weighted by Gasteiger charge is 2.12. The summed E-state index contributed by atoms with van der Waals surface area (Å²) in [6.45, 7) is 8.16. The first-order valence-electron chi connectivity index (χ1n) is 10.7. The third kappa shape index (κ3) is 22.0. The third-order valence-corrected chi connectivity index (χ3v) is 3.65. The molecule has 0 aliphatic heterocycles. The number of carbonyl (C=O) groups excluding carboxylic acids is 1. The summed E-state index contributed by atoms with van der Waals surface area (Å²) in [5, 5.41) is 2.97. The fraction of sp³-hybridized carbons (Fsp3) is 0.500. The molecule has 1 N–H and O–H groups in total. The van der Waals surface area contributed by atoms with Crippen LogP contribution in [-0.2, 0) is 4.79 Å². The van der Waals surface area contributed by atoms with Crippen molar-refractivity contribution < 1.29 is 4.79 Å². The molecule has 0 radical (unpaired) electrons.